The Bertz CT molecular complexity index is 1340. The minimum Gasteiger partial charge on any atom is -0.356 e. The summed E-state index contributed by atoms with van der Waals surface area (Å²) in [6, 6.07) is 13.3. The average Bonchev–Trinajstić information content (AvgIpc) is 3.13. The Morgan fingerprint density at radius 2 is 1.75 bits per heavy atom. The molecule has 8 heteroatoms. The number of urea groups is 1. The molecule has 1 aliphatic rings. The van der Waals surface area contributed by atoms with Gasteiger partial charge in [0.1, 0.15) is 17.5 Å². The Morgan fingerprint density at radius 3 is 2.50 bits per heavy atom. The van der Waals surface area contributed by atoms with Crippen LogP contribution in [0.1, 0.15) is 22.9 Å². The van der Waals surface area contributed by atoms with Crippen LogP contribution in [0.4, 0.5) is 23.7 Å². The number of aromatic amines is 1. The summed E-state index contributed by atoms with van der Waals surface area (Å²) in [6.07, 6.45) is 0.548. The zero-order valence-corrected chi connectivity index (χ0v) is 17.4. The first-order valence-corrected chi connectivity index (χ1v) is 10.4. The van der Waals surface area contributed by atoms with Crippen LogP contribution in [0.5, 0.6) is 0 Å². The number of amides is 2. The number of carbonyl (C=O) groups excluding carboxylic acids is 1. The second-order valence-electron chi connectivity index (χ2n) is 7.66. The van der Waals surface area contributed by atoms with Crippen LogP contribution in [0, 0.1) is 17.5 Å². The van der Waals surface area contributed by atoms with E-state index in [-0.39, 0.29) is 5.69 Å². The van der Waals surface area contributed by atoms with Crippen molar-refractivity contribution < 1.29 is 18.0 Å². The highest BCUT2D eigenvalue weighted by molar-refractivity contribution is 6.31. The third-order valence-electron chi connectivity index (χ3n) is 5.71. The maximum Gasteiger partial charge on any atom is 0.322 e. The normalized spacial score (nSPS) is 15.6. The number of hydrogen-bond acceptors (Lipinski definition) is 1. The molecule has 0 spiro atoms. The molecule has 0 unspecified atom stereocenters. The molecular weight excluding hydrogens is 439 g/mol. The smallest absolute Gasteiger partial charge is 0.322 e. The maximum atomic E-state index is 14.1. The minimum atomic E-state index is -0.866. The van der Waals surface area contributed by atoms with Crippen LogP contribution in [0.25, 0.3) is 10.9 Å². The molecule has 1 aromatic heterocycles. The average molecular weight is 456 g/mol. The predicted octanol–water partition coefficient (Wildman–Crippen LogP) is 6.42. The molecule has 32 heavy (non-hydrogen) atoms. The lowest BCUT2D eigenvalue weighted by Gasteiger charge is -2.36. The van der Waals surface area contributed by atoms with Crippen molar-refractivity contribution in [1.29, 1.82) is 0 Å². The van der Waals surface area contributed by atoms with Crippen molar-refractivity contribution in [3.8, 4) is 0 Å². The number of fused-ring (bicyclic) bond motifs is 3. The van der Waals surface area contributed by atoms with Crippen molar-refractivity contribution in [1.82, 2.24) is 9.88 Å². The lowest BCUT2D eigenvalue weighted by atomic mass is 9.92. The van der Waals surface area contributed by atoms with E-state index in [1.54, 1.807) is 23.1 Å². The third-order valence-corrected chi connectivity index (χ3v) is 5.94. The quantitative estimate of drug-likeness (QED) is 0.360. The standard InChI is InChI=1S/C24H17ClF3N3O/c25-14-3-7-20-18(11-14)17-9-10-31(24(32)30-21-8-6-16(27)12-19(21)28)23(22(17)29-20)13-1-4-15(26)5-2-13/h1-8,11-12,23,29H,9-10H2,(H,30,32)/t23-/m1/s1. The van der Waals surface area contributed by atoms with Crippen LogP contribution < -0.4 is 5.32 Å². The second kappa shape index (κ2) is 7.91. The van der Waals surface area contributed by atoms with Gasteiger partial charge < -0.3 is 15.2 Å². The molecule has 2 N–H and O–H groups in total. The Morgan fingerprint density at radius 1 is 1.00 bits per heavy atom. The Balaban J connectivity index is 1.58. The number of hydrogen-bond donors (Lipinski definition) is 2. The van der Waals surface area contributed by atoms with Gasteiger partial charge >= 0.3 is 6.03 Å². The Labute approximate surface area is 186 Å². The van der Waals surface area contributed by atoms with Crippen LogP contribution >= 0.6 is 11.6 Å². The molecule has 2 heterocycles. The second-order valence-corrected chi connectivity index (χ2v) is 8.10. The molecule has 2 amide bonds. The summed E-state index contributed by atoms with van der Waals surface area (Å²) in [6.45, 7) is 0.336. The summed E-state index contributed by atoms with van der Waals surface area (Å²) in [5.41, 5.74) is 3.25. The lowest BCUT2D eigenvalue weighted by Crippen LogP contribution is -2.43. The molecule has 162 valence electrons. The molecule has 0 saturated heterocycles. The van der Waals surface area contributed by atoms with Gasteiger partial charge in [0.25, 0.3) is 0 Å². The molecule has 0 saturated carbocycles. The van der Waals surface area contributed by atoms with Crippen molar-refractivity contribution in [3.63, 3.8) is 0 Å². The highest BCUT2D eigenvalue weighted by Gasteiger charge is 2.35. The van der Waals surface area contributed by atoms with Gasteiger partial charge in [-0.2, -0.15) is 0 Å². The summed E-state index contributed by atoms with van der Waals surface area (Å²) in [5.74, 6) is -1.99. The number of rotatable bonds is 2. The van der Waals surface area contributed by atoms with Crippen LogP contribution in [-0.2, 0) is 6.42 Å². The van der Waals surface area contributed by atoms with Crippen LogP contribution in [0.2, 0.25) is 5.02 Å². The molecule has 1 aliphatic heterocycles. The predicted molar refractivity (Wildman–Crippen MR) is 117 cm³/mol. The fraction of sp³-hybridized carbons (Fsp3) is 0.125. The number of H-pyrrole nitrogens is 1. The van der Waals surface area contributed by atoms with Crippen LogP contribution in [0.15, 0.2) is 60.7 Å². The van der Waals surface area contributed by atoms with E-state index < -0.39 is 29.5 Å². The van der Waals surface area contributed by atoms with Gasteiger partial charge in [-0.3, -0.25) is 0 Å². The van der Waals surface area contributed by atoms with E-state index in [2.05, 4.69) is 10.3 Å². The number of nitrogens with zero attached hydrogens (tertiary/aromatic N) is 1. The molecule has 0 radical (unpaired) electrons. The molecule has 0 bridgehead atoms. The molecule has 1 atom stereocenters. The molecule has 3 aromatic carbocycles. The van der Waals surface area contributed by atoms with Crippen molar-refractivity contribution in [2.24, 2.45) is 0 Å². The number of aromatic nitrogens is 1. The van der Waals surface area contributed by atoms with Crippen molar-refractivity contribution >= 4 is 34.2 Å². The zero-order chi connectivity index (χ0) is 22.4. The van der Waals surface area contributed by atoms with E-state index in [4.69, 9.17) is 11.6 Å². The summed E-state index contributed by atoms with van der Waals surface area (Å²) >= 11 is 6.19. The molecule has 0 aliphatic carbocycles. The van der Waals surface area contributed by atoms with E-state index >= 15 is 0 Å². The fourth-order valence-corrected chi connectivity index (χ4v) is 4.42. The summed E-state index contributed by atoms with van der Waals surface area (Å²) in [5, 5.41) is 4.09. The van der Waals surface area contributed by atoms with Crippen LogP contribution in [0.3, 0.4) is 0 Å². The van der Waals surface area contributed by atoms with Gasteiger partial charge in [0.05, 0.1) is 11.7 Å². The number of carbonyl (C=O) groups is 1. The molecular formula is C24H17ClF3N3O. The number of halogens is 4. The van der Waals surface area contributed by atoms with Gasteiger partial charge in [-0.15, -0.1) is 0 Å². The van der Waals surface area contributed by atoms with Gasteiger partial charge in [0, 0.05) is 34.2 Å². The Kier molecular flexibility index (Phi) is 5.06. The van der Waals surface area contributed by atoms with Crippen molar-refractivity contribution in [2.75, 3.05) is 11.9 Å². The largest absolute Gasteiger partial charge is 0.356 e. The fourth-order valence-electron chi connectivity index (χ4n) is 4.25. The highest BCUT2D eigenvalue weighted by Crippen LogP contribution is 2.39. The third kappa shape index (κ3) is 3.58. The first-order chi connectivity index (χ1) is 15.4. The SMILES string of the molecule is O=C(Nc1ccc(F)cc1F)N1CCc2c([nH]c3ccc(Cl)cc23)[C@H]1c1ccc(F)cc1. The number of nitrogens with one attached hydrogen (secondary N) is 2. The molecule has 5 rings (SSSR count). The van der Waals surface area contributed by atoms with Gasteiger partial charge in [-0.05, 0) is 60.0 Å². The monoisotopic (exact) mass is 455 g/mol. The van der Waals surface area contributed by atoms with Gasteiger partial charge in [-0.1, -0.05) is 23.7 Å². The van der Waals surface area contributed by atoms with Gasteiger partial charge in [0.15, 0.2) is 0 Å². The summed E-state index contributed by atoms with van der Waals surface area (Å²) in [7, 11) is 0. The van der Waals surface area contributed by atoms with Crippen LogP contribution in [-0.4, -0.2) is 22.5 Å². The Hall–Kier alpha value is -3.45. The highest BCUT2D eigenvalue weighted by atomic mass is 35.5. The van der Waals surface area contributed by atoms with E-state index in [9.17, 15) is 18.0 Å². The topological polar surface area (TPSA) is 48.1 Å². The summed E-state index contributed by atoms with van der Waals surface area (Å²) < 4.78 is 41.0. The molecule has 4 nitrogen and oxygen atoms in total. The van der Waals surface area contributed by atoms with Crippen molar-refractivity contribution in [2.45, 2.75) is 12.5 Å². The lowest BCUT2D eigenvalue weighted by molar-refractivity contribution is 0.193. The van der Waals surface area contributed by atoms with Gasteiger partial charge in [0.2, 0.25) is 0 Å². The first kappa shape index (κ1) is 20.5. The van der Waals surface area contributed by atoms with E-state index in [0.29, 0.717) is 29.6 Å². The zero-order valence-electron chi connectivity index (χ0n) is 16.6. The maximum absolute atomic E-state index is 14.1. The number of benzene rings is 3. The minimum absolute atomic E-state index is 0.122. The van der Waals surface area contributed by atoms with E-state index in [1.165, 1.54) is 18.2 Å². The molecule has 4 aromatic rings. The molecule has 0 fully saturated rings. The van der Waals surface area contributed by atoms with E-state index in [1.807, 2.05) is 12.1 Å². The summed E-state index contributed by atoms with van der Waals surface area (Å²) in [4.78, 5) is 18.1. The first-order valence-electron chi connectivity index (χ1n) is 9.99. The van der Waals surface area contributed by atoms with Crippen molar-refractivity contribution in [3.05, 3.63) is 100.0 Å². The van der Waals surface area contributed by atoms with E-state index in [0.717, 1.165) is 28.2 Å². The van der Waals surface area contributed by atoms with Gasteiger partial charge in [-0.25, -0.2) is 18.0 Å². The number of anilines is 1.